The summed E-state index contributed by atoms with van der Waals surface area (Å²) in [5, 5.41) is 3.54. The Balaban J connectivity index is 2.46. The first-order valence-electron chi connectivity index (χ1n) is 6.78. The maximum absolute atomic E-state index is 5.68. The fourth-order valence-electron chi connectivity index (χ4n) is 2.24. The fraction of sp³-hybridized carbons (Fsp3) is 0.375. The van der Waals surface area contributed by atoms with Crippen molar-refractivity contribution in [2.45, 2.75) is 26.3 Å². The number of rotatable bonds is 6. The molecule has 0 fully saturated rings. The van der Waals surface area contributed by atoms with Crippen molar-refractivity contribution >= 4 is 15.9 Å². The van der Waals surface area contributed by atoms with Gasteiger partial charge in [-0.15, -0.1) is 0 Å². The molecule has 3 nitrogen and oxygen atoms in total. The average molecular weight is 338 g/mol. The summed E-state index contributed by atoms with van der Waals surface area (Å²) < 4.78 is 12.2. The summed E-state index contributed by atoms with van der Waals surface area (Å²) in [5.41, 5.74) is 2.22. The number of furan rings is 1. The molecular formula is C16H20BrNO2. The number of hydrogen-bond donors (Lipinski definition) is 1. The van der Waals surface area contributed by atoms with Crippen LogP contribution in [-0.4, -0.2) is 13.7 Å². The van der Waals surface area contributed by atoms with Gasteiger partial charge in [0.2, 0.25) is 0 Å². The molecule has 1 aromatic heterocycles. The number of methoxy groups -OCH3 is 1. The molecule has 1 heterocycles. The Morgan fingerprint density at radius 1 is 1.35 bits per heavy atom. The summed E-state index contributed by atoms with van der Waals surface area (Å²) in [6.45, 7) is 5.13. The van der Waals surface area contributed by atoms with E-state index in [0.29, 0.717) is 0 Å². The first-order chi connectivity index (χ1) is 9.67. The molecule has 0 aliphatic carbocycles. The summed E-state index contributed by atoms with van der Waals surface area (Å²) >= 11 is 3.53. The average Bonchev–Trinajstić information content (AvgIpc) is 2.86. The highest BCUT2D eigenvalue weighted by Crippen LogP contribution is 2.34. The summed E-state index contributed by atoms with van der Waals surface area (Å²) in [6.07, 6.45) is 2.79. The molecule has 0 radical (unpaired) electrons. The van der Waals surface area contributed by atoms with E-state index >= 15 is 0 Å². The second kappa shape index (κ2) is 6.95. The number of benzene rings is 1. The summed E-state index contributed by atoms with van der Waals surface area (Å²) in [6, 6.07) is 8.01. The van der Waals surface area contributed by atoms with Crippen LogP contribution in [0.25, 0.3) is 0 Å². The van der Waals surface area contributed by atoms with Crippen molar-refractivity contribution in [3.8, 4) is 5.75 Å². The third-order valence-electron chi connectivity index (χ3n) is 3.27. The van der Waals surface area contributed by atoms with E-state index in [9.17, 15) is 0 Å². The Labute approximate surface area is 128 Å². The lowest BCUT2D eigenvalue weighted by Crippen LogP contribution is -2.24. The molecule has 4 heteroatoms. The third-order valence-corrected chi connectivity index (χ3v) is 3.76. The molecule has 1 atom stereocenters. The van der Waals surface area contributed by atoms with Crippen LogP contribution in [0.3, 0.4) is 0 Å². The van der Waals surface area contributed by atoms with Gasteiger partial charge in [0.25, 0.3) is 0 Å². The molecule has 20 heavy (non-hydrogen) atoms. The molecule has 0 amide bonds. The van der Waals surface area contributed by atoms with E-state index < -0.39 is 0 Å². The van der Waals surface area contributed by atoms with E-state index in [4.69, 9.17) is 9.15 Å². The van der Waals surface area contributed by atoms with Crippen LogP contribution in [-0.2, 0) is 0 Å². The molecule has 0 spiro atoms. The predicted molar refractivity (Wildman–Crippen MR) is 84.3 cm³/mol. The third kappa shape index (κ3) is 3.25. The smallest absolute Gasteiger partial charge is 0.128 e. The highest BCUT2D eigenvalue weighted by atomic mass is 79.9. The quantitative estimate of drug-likeness (QED) is 0.845. The van der Waals surface area contributed by atoms with Crippen LogP contribution >= 0.6 is 15.9 Å². The first-order valence-corrected chi connectivity index (χ1v) is 7.57. The predicted octanol–water partition coefficient (Wildman–Crippen LogP) is 4.45. The molecule has 0 saturated heterocycles. The van der Waals surface area contributed by atoms with Crippen LogP contribution in [0.5, 0.6) is 5.75 Å². The van der Waals surface area contributed by atoms with Gasteiger partial charge in [-0.1, -0.05) is 22.9 Å². The van der Waals surface area contributed by atoms with Gasteiger partial charge in [0.15, 0.2) is 0 Å². The van der Waals surface area contributed by atoms with Crippen LogP contribution in [0.15, 0.2) is 39.4 Å². The molecule has 0 aliphatic rings. The van der Waals surface area contributed by atoms with Crippen molar-refractivity contribution in [1.82, 2.24) is 5.32 Å². The molecule has 0 saturated carbocycles. The van der Waals surface area contributed by atoms with Crippen LogP contribution in [0.4, 0.5) is 0 Å². The monoisotopic (exact) mass is 337 g/mol. The van der Waals surface area contributed by atoms with Crippen LogP contribution in [0, 0.1) is 6.92 Å². The van der Waals surface area contributed by atoms with E-state index in [-0.39, 0.29) is 6.04 Å². The van der Waals surface area contributed by atoms with E-state index in [1.165, 1.54) is 0 Å². The molecule has 2 aromatic rings. The Bertz CT molecular complexity index is 565. The Morgan fingerprint density at radius 2 is 2.15 bits per heavy atom. The zero-order valence-electron chi connectivity index (χ0n) is 12.1. The van der Waals surface area contributed by atoms with Crippen LogP contribution in [0.1, 0.15) is 36.3 Å². The second-order valence-corrected chi connectivity index (χ2v) is 5.66. The maximum Gasteiger partial charge on any atom is 0.128 e. The lowest BCUT2D eigenvalue weighted by atomic mass is 10.0. The topological polar surface area (TPSA) is 34.4 Å². The molecular weight excluding hydrogens is 318 g/mol. The minimum Gasteiger partial charge on any atom is -0.496 e. The maximum atomic E-state index is 5.68. The largest absolute Gasteiger partial charge is 0.496 e. The minimum atomic E-state index is -0.00241. The van der Waals surface area contributed by atoms with Crippen molar-refractivity contribution in [3.05, 3.63) is 51.9 Å². The number of nitrogens with one attached hydrogen (secondary N) is 1. The second-order valence-electron chi connectivity index (χ2n) is 4.74. The number of aryl methyl sites for hydroxylation is 1. The van der Waals surface area contributed by atoms with E-state index in [1.54, 1.807) is 13.4 Å². The summed E-state index contributed by atoms with van der Waals surface area (Å²) in [7, 11) is 1.69. The highest BCUT2D eigenvalue weighted by molar-refractivity contribution is 9.10. The van der Waals surface area contributed by atoms with E-state index in [0.717, 1.165) is 40.1 Å². The van der Waals surface area contributed by atoms with Crippen LogP contribution < -0.4 is 10.1 Å². The number of halogens is 1. The first kappa shape index (κ1) is 15.1. The standard InChI is InChI=1S/C16H20BrNO2/c1-4-8-18-15(16-11(2)7-9-20-16)13-10-12(17)5-6-14(13)19-3/h5-7,9-10,15,18H,4,8H2,1-3H3. The van der Waals surface area contributed by atoms with Crippen LogP contribution in [0.2, 0.25) is 0 Å². The lowest BCUT2D eigenvalue weighted by molar-refractivity contribution is 0.391. The number of ether oxygens (including phenoxy) is 1. The van der Waals surface area contributed by atoms with Gasteiger partial charge in [0.05, 0.1) is 19.4 Å². The Hall–Kier alpha value is -1.26. The van der Waals surface area contributed by atoms with Gasteiger partial charge in [-0.05, 0) is 49.7 Å². The molecule has 1 N–H and O–H groups in total. The van der Waals surface area contributed by atoms with Crippen molar-refractivity contribution in [2.24, 2.45) is 0 Å². The van der Waals surface area contributed by atoms with Crippen molar-refractivity contribution < 1.29 is 9.15 Å². The van der Waals surface area contributed by atoms with E-state index in [1.807, 2.05) is 18.2 Å². The van der Waals surface area contributed by atoms with Gasteiger partial charge in [-0.3, -0.25) is 0 Å². The Morgan fingerprint density at radius 3 is 2.75 bits per heavy atom. The van der Waals surface area contributed by atoms with Crippen molar-refractivity contribution in [3.63, 3.8) is 0 Å². The van der Waals surface area contributed by atoms with Gasteiger partial charge < -0.3 is 14.5 Å². The van der Waals surface area contributed by atoms with Gasteiger partial charge >= 0.3 is 0 Å². The molecule has 0 bridgehead atoms. The molecule has 1 aromatic carbocycles. The van der Waals surface area contributed by atoms with Crippen molar-refractivity contribution in [1.29, 1.82) is 0 Å². The number of hydrogen-bond acceptors (Lipinski definition) is 3. The zero-order valence-corrected chi connectivity index (χ0v) is 13.7. The summed E-state index contributed by atoms with van der Waals surface area (Å²) in [5.74, 6) is 1.80. The van der Waals surface area contributed by atoms with Gasteiger partial charge in [0.1, 0.15) is 11.5 Å². The lowest BCUT2D eigenvalue weighted by Gasteiger charge is -2.20. The van der Waals surface area contributed by atoms with Gasteiger partial charge in [-0.25, -0.2) is 0 Å². The summed E-state index contributed by atoms with van der Waals surface area (Å²) in [4.78, 5) is 0. The van der Waals surface area contributed by atoms with Gasteiger partial charge in [0, 0.05) is 10.0 Å². The normalized spacial score (nSPS) is 12.4. The van der Waals surface area contributed by atoms with E-state index in [2.05, 4.69) is 41.2 Å². The highest BCUT2D eigenvalue weighted by Gasteiger charge is 2.22. The minimum absolute atomic E-state index is 0.00241. The van der Waals surface area contributed by atoms with Gasteiger partial charge in [-0.2, -0.15) is 0 Å². The molecule has 108 valence electrons. The molecule has 1 unspecified atom stereocenters. The fourth-order valence-corrected chi connectivity index (χ4v) is 2.62. The SMILES string of the molecule is CCCNC(c1cc(Br)ccc1OC)c1occc1C. The molecule has 0 aliphatic heterocycles. The molecule has 2 rings (SSSR count). The van der Waals surface area contributed by atoms with Crippen molar-refractivity contribution in [2.75, 3.05) is 13.7 Å². The zero-order chi connectivity index (χ0) is 14.5. The Kier molecular flexibility index (Phi) is 5.26.